The third-order valence-corrected chi connectivity index (χ3v) is 4.58. The maximum Gasteiger partial charge on any atom is 0.308 e. The van der Waals surface area contributed by atoms with Gasteiger partial charge in [-0.3, -0.25) is 9.59 Å². The Hall–Kier alpha value is -2.09. The maximum absolute atomic E-state index is 11.9. The van der Waals surface area contributed by atoms with E-state index in [1.54, 1.807) is 26.1 Å². The molecule has 0 saturated heterocycles. The van der Waals surface area contributed by atoms with E-state index in [1.165, 1.54) is 17.0 Å². The Morgan fingerprint density at radius 3 is 2.33 bits per heavy atom. The molecule has 0 saturated carbocycles. The van der Waals surface area contributed by atoms with Crippen molar-refractivity contribution in [3.05, 3.63) is 24.3 Å². The molecule has 1 N–H and O–H groups in total. The minimum Gasteiger partial charge on any atom is -0.494 e. The second-order valence-electron chi connectivity index (χ2n) is 5.71. The summed E-state index contributed by atoms with van der Waals surface area (Å²) in [6.07, 6.45) is 1.87. The highest BCUT2D eigenvalue weighted by Crippen LogP contribution is 2.16. The predicted molar refractivity (Wildman–Crippen MR) is 88.7 cm³/mol. The van der Waals surface area contributed by atoms with Crippen LogP contribution in [0.5, 0.6) is 5.75 Å². The minimum absolute atomic E-state index is 0.140. The lowest BCUT2D eigenvalue weighted by atomic mass is 10.1. The zero-order valence-electron chi connectivity index (χ0n) is 14.1. The standard InChI is InChI=1S/C16H23NO6S/c1-12(16(19)20)11-17(2)15(18)5-4-10-23-13-6-8-14(9-7-13)24(3,21)22/h6-9,12H,4-5,10-11H2,1-3H3,(H,19,20). The number of amides is 1. The van der Waals surface area contributed by atoms with E-state index < -0.39 is 21.7 Å². The maximum atomic E-state index is 11.9. The Bertz CT molecular complexity index is 668. The zero-order chi connectivity index (χ0) is 18.3. The Morgan fingerprint density at radius 1 is 1.25 bits per heavy atom. The number of carbonyl (C=O) groups is 2. The van der Waals surface area contributed by atoms with Gasteiger partial charge in [-0.15, -0.1) is 0 Å². The van der Waals surface area contributed by atoms with Crippen molar-refractivity contribution in [2.24, 2.45) is 5.92 Å². The van der Waals surface area contributed by atoms with Crippen LogP contribution >= 0.6 is 0 Å². The minimum atomic E-state index is -3.23. The number of hydrogen-bond acceptors (Lipinski definition) is 5. The fourth-order valence-electron chi connectivity index (χ4n) is 1.98. The van der Waals surface area contributed by atoms with Crippen LogP contribution in [0.3, 0.4) is 0 Å². The lowest BCUT2D eigenvalue weighted by Crippen LogP contribution is -2.33. The van der Waals surface area contributed by atoms with Gasteiger partial charge < -0.3 is 14.7 Å². The number of sulfone groups is 1. The van der Waals surface area contributed by atoms with E-state index in [2.05, 4.69) is 0 Å². The molecule has 0 spiro atoms. The Morgan fingerprint density at radius 2 is 1.83 bits per heavy atom. The number of rotatable bonds is 9. The van der Waals surface area contributed by atoms with E-state index >= 15 is 0 Å². The first-order chi connectivity index (χ1) is 11.1. The summed E-state index contributed by atoms with van der Waals surface area (Å²) in [6.45, 7) is 2.03. The zero-order valence-corrected chi connectivity index (χ0v) is 14.9. The van der Waals surface area contributed by atoms with Gasteiger partial charge in [0.1, 0.15) is 5.75 Å². The van der Waals surface area contributed by atoms with Crippen molar-refractivity contribution in [2.75, 3.05) is 26.5 Å². The first-order valence-electron chi connectivity index (χ1n) is 7.51. The number of benzene rings is 1. The molecule has 1 aromatic rings. The molecule has 0 aromatic heterocycles. The van der Waals surface area contributed by atoms with Crippen LogP contribution < -0.4 is 4.74 Å². The van der Waals surface area contributed by atoms with Crippen LogP contribution in [0.2, 0.25) is 0 Å². The number of hydrogen-bond donors (Lipinski definition) is 1. The smallest absolute Gasteiger partial charge is 0.308 e. The Balaban J connectivity index is 2.35. The number of carbonyl (C=O) groups excluding carboxylic acids is 1. The van der Waals surface area contributed by atoms with Crippen LogP contribution in [-0.4, -0.2) is 56.8 Å². The van der Waals surface area contributed by atoms with Gasteiger partial charge in [0, 0.05) is 26.3 Å². The molecule has 24 heavy (non-hydrogen) atoms. The average Bonchev–Trinajstić information content (AvgIpc) is 2.50. The SMILES string of the molecule is CC(CN(C)C(=O)CCCOc1ccc(S(C)(=O)=O)cc1)C(=O)O. The van der Waals surface area contributed by atoms with E-state index in [0.29, 0.717) is 18.8 Å². The largest absolute Gasteiger partial charge is 0.494 e. The molecule has 7 nitrogen and oxygen atoms in total. The topological polar surface area (TPSA) is 101 Å². The Kier molecular flexibility index (Phi) is 7.21. The summed E-state index contributed by atoms with van der Waals surface area (Å²) >= 11 is 0. The molecule has 0 bridgehead atoms. The van der Waals surface area contributed by atoms with Gasteiger partial charge in [-0.25, -0.2) is 8.42 Å². The Labute approximate surface area is 142 Å². The first kappa shape index (κ1) is 20.0. The summed E-state index contributed by atoms with van der Waals surface area (Å²) < 4.78 is 28.1. The van der Waals surface area contributed by atoms with E-state index in [4.69, 9.17) is 9.84 Å². The summed E-state index contributed by atoms with van der Waals surface area (Å²) in [6, 6.07) is 6.07. The van der Waals surface area contributed by atoms with Crippen LogP contribution in [0.15, 0.2) is 29.2 Å². The molecule has 0 aliphatic rings. The van der Waals surface area contributed by atoms with Crippen LogP contribution in [0.4, 0.5) is 0 Å². The lowest BCUT2D eigenvalue weighted by molar-refractivity contribution is -0.142. The van der Waals surface area contributed by atoms with Crippen molar-refractivity contribution in [3.8, 4) is 5.75 Å². The summed E-state index contributed by atoms with van der Waals surface area (Å²) in [5, 5.41) is 8.83. The predicted octanol–water partition coefficient (Wildman–Crippen LogP) is 1.43. The number of ether oxygens (including phenoxy) is 1. The number of nitrogens with zero attached hydrogens (tertiary/aromatic N) is 1. The molecule has 0 aliphatic carbocycles. The molecule has 1 amide bonds. The van der Waals surface area contributed by atoms with Crippen molar-refractivity contribution in [3.63, 3.8) is 0 Å². The molecule has 0 fully saturated rings. The molecule has 1 aromatic carbocycles. The summed E-state index contributed by atoms with van der Waals surface area (Å²) in [4.78, 5) is 24.3. The molecule has 134 valence electrons. The van der Waals surface area contributed by atoms with E-state index in [9.17, 15) is 18.0 Å². The van der Waals surface area contributed by atoms with Gasteiger partial charge >= 0.3 is 5.97 Å². The highest BCUT2D eigenvalue weighted by atomic mass is 32.2. The molecule has 0 heterocycles. The van der Waals surface area contributed by atoms with Crippen molar-refractivity contribution < 1.29 is 27.9 Å². The fraction of sp³-hybridized carbons (Fsp3) is 0.500. The van der Waals surface area contributed by atoms with Gasteiger partial charge in [0.05, 0.1) is 17.4 Å². The van der Waals surface area contributed by atoms with Crippen molar-refractivity contribution >= 4 is 21.7 Å². The van der Waals surface area contributed by atoms with Gasteiger partial charge in [-0.1, -0.05) is 6.92 Å². The van der Waals surface area contributed by atoms with Gasteiger partial charge in [0.2, 0.25) is 5.91 Å². The summed E-state index contributed by atoms with van der Waals surface area (Å²) in [7, 11) is -1.65. The van der Waals surface area contributed by atoms with Gasteiger partial charge in [-0.05, 0) is 30.7 Å². The number of carboxylic acid groups (broad SMARTS) is 1. The van der Waals surface area contributed by atoms with E-state index in [0.717, 1.165) is 6.26 Å². The van der Waals surface area contributed by atoms with Crippen LogP contribution in [0.1, 0.15) is 19.8 Å². The highest BCUT2D eigenvalue weighted by Gasteiger charge is 2.17. The fourth-order valence-corrected chi connectivity index (χ4v) is 2.61. The molecule has 1 atom stereocenters. The van der Waals surface area contributed by atoms with E-state index in [-0.39, 0.29) is 23.8 Å². The molecule has 8 heteroatoms. The average molecular weight is 357 g/mol. The van der Waals surface area contributed by atoms with Crippen molar-refractivity contribution in [1.82, 2.24) is 4.90 Å². The quantitative estimate of drug-likeness (QED) is 0.671. The number of carboxylic acids is 1. The lowest BCUT2D eigenvalue weighted by Gasteiger charge is -2.19. The van der Waals surface area contributed by atoms with Crippen LogP contribution in [0.25, 0.3) is 0 Å². The molecule has 1 unspecified atom stereocenters. The van der Waals surface area contributed by atoms with Crippen molar-refractivity contribution in [2.45, 2.75) is 24.7 Å². The molecule has 0 aliphatic heterocycles. The first-order valence-corrected chi connectivity index (χ1v) is 9.40. The molecule has 1 rings (SSSR count). The van der Waals surface area contributed by atoms with Gasteiger partial charge in [-0.2, -0.15) is 0 Å². The molecule has 0 radical (unpaired) electrons. The normalized spacial score (nSPS) is 12.5. The third kappa shape index (κ3) is 6.57. The monoisotopic (exact) mass is 357 g/mol. The second kappa shape index (κ2) is 8.68. The van der Waals surface area contributed by atoms with Gasteiger partial charge in [0.25, 0.3) is 0 Å². The van der Waals surface area contributed by atoms with Gasteiger partial charge in [0.15, 0.2) is 9.84 Å². The van der Waals surface area contributed by atoms with Crippen LogP contribution in [0, 0.1) is 5.92 Å². The molecular formula is C16H23NO6S. The third-order valence-electron chi connectivity index (χ3n) is 3.45. The highest BCUT2D eigenvalue weighted by molar-refractivity contribution is 7.90. The van der Waals surface area contributed by atoms with Crippen molar-refractivity contribution in [1.29, 1.82) is 0 Å². The van der Waals surface area contributed by atoms with Crippen LogP contribution in [-0.2, 0) is 19.4 Å². The molecular weight excluding hydrogens is 334 g/mol. The van der Waals surface area contributed by atoms with E-state index in [1.807, 2.05) is 0 Å². The summed E-state index contributed by atoms with van der Waals surface area (Å²) in [5.41, 5.74) is 0. The second-order valence-corrected chi connectivity index (χ2v) is 7.72. The summed E-state index contributed by atoms with van der Waals surface area (Å²) in [5.74, 6) is -1.15. The number of aliphatic carboxylic acids is 1.